The topological polar surface area (TPSA) is 31.4 Å². The molecule has 0 spiro atoms. The standard InChI is InChI=1S/C33H26BNO2/c1-32(2)33(3,4)37-34(36-32)22-13-11-12-21(20-22)31-30-26-17-8-6-15-24(26)23-14-5-7-16-25(23)29(30)27-18-9-10-19-28(27)35-31/h5-8,10-17,19-20H,1-4H3. The van der Waals surface area contributed by atoms with Crippen LogP contribution in [0.3, 0.4) is 0 Å². The molecule has 2 heterocycles. The summed E-state index contributed by atoms with van der Waals surface area (Å²) in [4.78, 5) is 5.22. The van der Waals surface area contributed by atoms with Gasteiger partial charge in [0, 0.05) is 16.3 Å². The lowest BCUT2D eigenvalue weighted by atomic mass is 9.78. The SMILES string of the molecule is CC1(C)OB(c2cccc(-c3nc4ccc#cc4c4c5ccccc5c5ccccc5c34)c2)OC1(C)C. The van der Waals surface area contributed by atoms with Gasteiger partial charge in [0.25, 0.3) is 0 Å². The van der Waals surface area contributed by atoms with E-state index in [9.17, 15) is 0 Å². The Bertz CT molecular complexity index is 1840. The molecule has 1 fully saturated rings. The summed E-state index contributed by atoms with van der Waals surface area (Å²) >= 11 is 0. The van der Waals surface area contributed by atoms with Crippen molar-refractivity contribution in [2.75, 3.05) is 0 Å². The fraction of sp³-hybridized carbons (Fsp3) is 0.182. The van der Waals surface area contributed by atoms with E-state index >= 15 is 0 Å². The highest BCUT2D eigenvalue weighted by Crippen LogP contribution is 2.42. The molecule has 37 heavy (non-hydrogen) atoms. The third-order valence-corrected chi connectivity index (χ3v) is 8.12. The summed E-state index contributed by atoms with van der Waals surface area (Å²) in [6, 6.07) is 36.1. The highest BCUT2D eigenvalue weighted by Gasteiger charge is 2.51. The molecule has 178 valence electrons. The summed E-state index contributed by atoms with van der Waals surface area (Å²) in [5.74, 6) is 0. The van der Waals surface area contributed by atoms with E-state index < -0.39 is 18.3 Å². The molecule has 0 atom stereocenters. The van der Waals surface area contributed by atoms with Gasteiger partial charge in [-0.25, -0.2) is 4.98 Å². The van der Waals surface area contributed by atoms with Crippen molar-refractivity contribution in [2.24, 2.45) is 0 Å². The van der Waals surface area contributed by atoms with Crippen molar-refractivity contribution in [1.82, 2.24) is 4.98 Å². The minimum absolute atomic E-state index is 0.400. The van der Waals surface area contributed by atoms with Gasteiger partial charge in [-0.05, 0) is 66.8 Å². The number of hydrogen-bond acceptors (Lipinski definition) is 3. The van der Waals surface area contributed by atoms with Crippen LogP contribution >= 0.6 is 0 Å². The first-order chi connectivity index (χ1) is 17.8. The molecule has 3 nitrogen and oxygen atoms in total. The van der Waals surface area contributed by atoms with Crippen molar-refractivity contribution in [2.45, 2.75) is 38.9 Å². The van der Waals surface area contributed by atoms with Crippen molar-refractivity contribution in [3.63, 3.8) is 0 Å². The number of fused-ring (bicyclic) bond motifs is 8. The van der Waals surface area contributed by atoms with Gasteiger partial charge in [-0.1, -0.05) is 84.9 Å². The first-order valence-corrected chi connectivity index (χ1v) is 12.8. The Kier molecular flexibility index (Phi) is 4.70. The molecule has 1 aliphatic rings. The maximum Gasteiger partial charge on any atom is 0.494 e. The normalized spacial score (nSPS) is 16.6. The number of pyridine rings is 1. The van der Waals surface area contributed by atoms with Gasteiger partial charge in [0.05, 0.1) is 27.8 Å². The molecular weight excluding hydrogens is 453 g/mol. The monoisotopic (exact) mass is 479 g/mol. The van der Waals surface area contributed by atoms with Crippen LogP contribution in [0.2, 0.25) is 0 Å². The van der Waals surface area contributed by atoms with E-state index in [1.54, 1.807) is 0 Å². The van der Waals surface area contributed by atoms with Crippen LogP contribution in [0.15, 0.2) is 84.9 Å². The molecule has 6 aromatic rings. The molecule has 0 amide bonds. The van der Waals surface area contributed by atoms with Crippen molar-refractivity contribution >= 4 is 55.8 Å². The van der Waals surface area contributed by atoms with E-state index in [-0.39, 0.29) is 0 Å². The summed E-state index contributed by atoms with van der Waals surface area (Å²) in [6.45, 7) is 8.33. The molecule has 1 saturated heterocycles. The third-order valence-electron chi connectivity index (χ3n) is 8.12. The van der Waals surface area contributed by atoms with Gasteiger partial charge >= 0.3 is 7.12 Å². The Balaban J connectivity index is 1.57. The number of hydrogen-bond donors (Lipinski definition) is 0. The largest absolute Gasteiger partial charge is 0.494 e. The molecule has 1 aromatic heterocycles. The summed E-state index contributed by atoms with van der Waals surface area (Å²) in [5.41, 5.74) is 3.08. The fourth-order valence-corrected chi connectivity index (χ4v) is 5.51. The zero-order valence-corrected chi connectivity index (χ0v) is 21.4. The third kappa shape index (κ3) is 3.28. The lowest BCUT2D eigenvalue weighted by molar-refractivity contribution is 0.00578. The van der Waals surface area contributed by atoms with Crippen LogP contribution < -0.4 is 5.46 Å². The van der Waals surface area contributed by atoms with E-state index in [4.69, 9.17) is 14.3 Å². The van der Waals surface area contributed by atoms with Crippen molar-refractivity contribution in [1.29, 1.82) is 0 Å². The summed E-state index contributed by atoms with van der Waals surface area (Å²) in [5, 5.41) is 8.10. The number of aromatic nitrogens is 1. The average molecular weight is 479 g/mol. The van der Waals surface area contributed by atoms with Crippen molar-refractivity contribution in [3.8, 4) is 11.3 Å². The quantitative estimate of drug-likeness (QED) is 0.194. The fourth-order valence-electron chi connectivity index (χ4n) is 5.51. The summed E-state index contributed by atoms with van der Waals surface area (Å²) < 4.78 is 12.7. The second kappa shape index (κ2) is 7.80. The molecule has 0 saturated carbocycles. The van der Waals surface area contributed by atoms with Gasteiger partial charge in [0.1, 0.15) is 0 Å². The number of rotatable bonds is 2. The molecule has 0 radical (unpaired) electrons. The van der Waals surface area contributed by atoms with Crippen LogP contribution in [0.4, 0.5) is 0 Å². The minimum atomic E-state index is -0.433. The molecule has 4 heteroatoms. The molecule has 0 bridgehead atoms. The Hall–Kier alpha value is -3.91. The van der Waals surface area contributed by atoms with Crippen molar-refractivity contribution in [3.05, 3.63) is 97.1 Å². The van der Waals surface area contributed by atoms with Gasteiger partial charge in [-0.15, -0.1) is 0 Å². The smallest absolute Gasteiger partial charge is 0.399 e. The van der Waals surface area contributed by atoms with Gasteiger partial charge in [-0.3, -0.25) is 0 Å². The maximum atomic E-state index is 6.37. The van der Waals surface area contributed by atoms with Crippen LogP contribution in [0, 0.1) is 12.1 Å². The highest BCUT2D eigenvalue weighted by molar-refractivity contribution is 6.62. The maximum absolute atomic E-state index is 6.37. The lowest BCUT2D eigenvalue weighted by Gasteiger charge is -2.32. The Morgan fingerprint density at radius 3 is 2.00 bits per heavy atom. The molecule has 5 aromatic carbocycles. The Morgan fingerprint density at radius 2 is 1.32 bits per heavy atom. The molecule has 7 rings (SSSR count). The lowest BCUT2D eigenvalue weighted by Crippen LogP contribution is -2.41. The van der Waals surface area contributed by atoms with E-state index in [1.807, 2.05) is 12.1 Å². The summed E-state index contributed by atoms with van der Waals surface area (Å²) in [6.07, 6.45) is 0. The average Bonchev–Trinajstić information content (AvgIpc) is 3.14. The zero-order chi connectivity index (χ0) is 25.4. The van der Waals surface area contributed by atoms with Crippen LogP contribution in [0.1, 0.15) is 27.7 Å². The van der Waals surface area contributed by atoms with E-state index in [0.717, 1.165) is 38.4 Å². The van der Waals surface area contributed by atoms with Gasteiger partial charge in [0.15, 0.2) is 0 Å². The van der Waals surface area contributed by atoms with E-state index in [0.29, 0.717) is 0 Å². The van der Waals surface area contributed by atoms with Crippen LogP contribution in [0.25, 0.3) is 54.5 Å². The van der Waals surface area contributed by atoms with Crippen LogP contribution in [-0.2, 0) is 9.31 Å². The van der Waals surface area contributed by atoms with Crippen LogP contribution in [0.5, 0.6) is 0 Å². The van der Waals surface area contributed by atoms with E-state index in [1.165, 1.54) is 21.5 Å². The second-order valence-corrected chi connectivity index (χ2v) is 10.9. The summed E-state index contributed by atoms with van der Waals surface area (Å²) in [7, 11) is -0.433. The molecule has 1 aliphatic heterocycles. The predicted octanol–water partition coefficient (Wildman–Crippen LogP) is 7.26. The minimum Gasteiger partial charge on any atom is -0.399 e. The van der Waals surface area contributed by atoms with Crippen LogP contribution in [-0.4, -0.2) is 23.3 Å². The Labute approximate surface area is 217 Å². The highest BCUT2D eigenvalue weighted by atomic mass is 16.7. The van der Waals surface area contributed by atoms with E-state index in [2.05, 4.69) is 113 Å². The molecular formula is C33H26BNO2. The van der Waals surface area contributed by atoms with Gasteiger partial charge in [-0.2, -0.15) is 0 Å². The Morgan fingerprint density at radius 1 is 0.703 bits per heavy atom. The number of nitrogens with zero attached hydrogens (tertiary/aromatic N) is 1. The molecule has 0 aliphatic carbocycles. The predicted molar refractivity (Wildman–Crippen MR) is 153 cm³/mol. The first kappa shape index (κ1) is 22.3. The second-order valence-electron chi connectivity index (χ2n) is 10.9. The van der Waals surface area contributed by atoms with Crippen molar-refractivity contribution < 1.29 is 9.31 Å². The first-order valence-electron chi connectivity index (χ1n) is 12.8. The van der Waals surface area contributed by atoms with Gasteiger partial charge < -0.3 is 9.31 Å². The molecule has 0 N–H and O–H groups in total. The molecule has 0 unspecified atom stereocenters. The zero-order valence-electron chi connectivity index (χ0n) is 21.4. The van der Waals surface area contributed by atoms with Gasteiger partial charge in [0.2, 0.25) is 0 Å². The number of benzene rings is 4.